The molecule has 0 saturated carbocycles. The van der Waals surface area contributed by atoms with Gasteiger partial charge in [-0.15, -0.1) is 0 Å². The van der Waals surface area contributed by atoms with Crippen LogP contribution in [0.2, 0.25) is 0 Å². The average molecular weight is 487 g/mol. The number of methoxy groups -OCH3 is 1. The number of rotatable bonds is 7. The summed E-state index contributed by atoms with van der Waals surface area (Å²) in [5.74, 6) is 1.22. The molecule has 0 atom stereocenters. The Hall–Kier alpha value is -1.13. The van der Waals surface area contributed by atoms with E-state index in [2.05, 4.69) is 20.8 Å². The van der Waals surface area contributed by atoms with Crippen LogP contribution in [0.5, 0.6) is 11.5 Å². The standard InChI is InChI=1S/C19H23BrN2O4S2/c1-3-26-17-14(20)10-13(11-15(17)24-2)12-16-18(23)22(19(27)28-16)5-4-21-6-8-25-9-7-21/h10-12H,3-9H2,1-2H3/b16-12-. The SMILES string of the molecule is CCOc1c(Br)cc(/C=C2\SC(=S)N(CCN3CCOCC3)C2=O)cc1OC. The van der Waals surface area contributed by atoms with Crippen LogP contribution >= 0.6 is 39.9 Å². The molecule has 2 aliphatic rings. The summed E-state index contributed by atoms with van der Waals surface area (Å²) in [5.41, 5.74) is 0.848. The maximum absolute atomic E-state index is 12.8. The molecule has 0 N–H and O–H groups in total. The molecule has 0 aromatic heterocycles. The lowest BCUT2D eigenvalue weighted by atomic mass is 10.2. The van der Waals surface area contributed by atoms with Gasteiger partial charge in [0.25, 0.3) is 5.91 Å². The number of thioether (sulfide) groups is 1. The zero-order chi connectivity index (χ0) is 20.1. The molecule has 1 amide bonds. The first kappa shape index (κ1) is 21.6. The van der Waals surface area contributed by atoms with Crippen molar-refractivity contribution in [2.24, 2.45) is 0 Å². The molecule has 2 saturated heterocycles. The zero-order valence-corrected chi connectivity index (χ0v) is 19.1. The molecule has 1 aromatic carbocycles. The Kier molecular flexibility index (Phi) is 7.76. The molecule has 0 unspecified atom stereocenters. The molecule has 6 nitrogen and oxygen atoms in total. The van der Waals surface area contributed by atoms with Gasteiger partial charge in [0, 0.05) is 26.2 Å². The third-order valence-corrected chi connectivity index (χ3v) is 6.42. The number of thiocarbonyl (C=S) groups is 1. The smallest absolute Gasteiger partial charge is 0.266 e. The summed E-state index contributed by atoms with van der Waals surface area (Å²) in [7, 11) is 1.60. The lowest BCUT2D eigenvalue weighted by Gasteiger charge is -2.28. The zero-order valence-electron chi connectivity index (χ0n) is 15.9. The monoisotopic (exact) mass is 486 g/mol. The van der Waals surface area contributed by atoms with Gasteiger partial charge >= 0.3 is 0 Å². The van der Waals surface area contributed by atoms with Crippen molar-refractivity contribution in [3.8, 4) is 11.5 Å². The second kappa shape index (κ2) is 10.1. The van der Waals surface area contributed by atoms with E-state index < -0.39 is 0 Å². The van der Waals surface area contributed by atoms with Crippen LogP contribution in [0.15, 0.2) is 21.5 Å². The number of carbonyl (C=O) groups is 1. The first-order chi connectivity index (χ1) is 13.5. The van der Waals surface area contributed by atoms with Gasteiger partial charge in [-0.25, -0.2) is 0 Å². The van der Waals surface area contributed by atoms with Crippen LogP contribution in [0.1, 0.15) is 12.5 Å². The Bertz CT molecular complexity index is 781. The minimum absolute atomic E-state index is 0.0489. The molecule has 0 radical (unpaired) electrons. The maximum Gasteiger partial charge on any atom is 0.266 e. The van der Waals surface area contributed by atoms with E-state index in [1.165, 1.54) is 11.8 Å². The molecule has 0 bridgehead atoms. The molecule has 1 aromatic rings. The minimum atomic E-state index is -0.0489. The molecule has 152 valence electrons. The molecule has 2 fully saturated rings. The number of halogens is 1. The van der Waals surface area contributed by atoms with Crippen LogP contribution < -0.4 is 9.47 Å². The molecule has 28 heavy (non-hydrogen) atoms. The van der Waals surface area contributed by atoms with Gasteiger partial charge in [0.2, 0.25) is 0 Å². The third-order valence-electron chi connectivity index (χ3n) is 4.46. The van der Waals surface area contributed by atoms with E-state index >= 15 is 0 Å². The first-order valence-electron chi connectivity index (χ1n) is 9.09. The van der Waals surface area contributed by atoms with E-state index in [4.69, 9.17) is 26.4 Å². The Morgan fingerprint density at radius 2 is 2.07 bits per heavy atom. The molecule has 2 aliphatic heterocycles. The van der Waals surface area contributed by atoms with E-state index in [-0.39, 0.29) is 5.91 Å². The Morgan fingerprint density at radius 1 is 1.32 bits per heavy atom. The molecule has 9 heteroatoms. The van der Waals surface area contributed by atoms with E-state index in [0.717, 1.165) is 42.9 Å². The average Bonchev–Trinajstić information content (AvgIpc) is 2.95. The summed E-state index contributed by atoms with van der Waals surface area (Å²) in [5, 5.41) is 0. The highest BCUT2D eigenvalue weighted by Crippen LogP contribution is 2.39. The summed E-state index contributed by atoms with van der Waals surface area (Å²) >= 11 is 10.3. The van der Waals surface area contributed by atoms with E-state index in [9.17, 15) is 4.79 Å². The summed E-state index contributed by atoms with van der Waals surface area (Å²) in [4.78, 5) is 17.4. The van der Waals surface area contributed by atoms with Crippen LogP contribution in [-0.2, 0) is 9.53 Å². The van der Waals surface area contributed by atoms with Crippen molar-refractivity contribution in [2.75, 3.05) is 53.1 Å². The van der Waals surface area contributed by atoms with Gasteiger partial charge < -0.3 is 14.2 Å². The minimum Gasteiger partial charge on any atom is -0.493 e. The van der Waals surface area contributed by atoms with Crippen molar-refractivity contribution in [1.82, 2.24) is 9.80 Å². The van der Waals surface area contributed by atoms with Crippen LogP contribution in [0, 0.1) is 0 Å². The van der Waals surface area contributed by atoms with E-state index in [1.54, 1.807) is 12.0 Å². The van der Waals surface area contributed by atoms with Crippen LogP contribution in [-0.4, -0.2) is 73.1 Å². The van der Waals surface area contributed by atoms with E-state index in [1.807, 2.05) is 25.1 Å². The fraction of sp³-hybridized carbons (Fsp3) is 0.474. The highest BCUT2D eigenvalue weighted by atomic mass is 79.9. The molecule has 0 spiro atoms. The molecule has 3 rings (SSSR count). The van der Waals surface area contributed by atoms with Crippen molar-refractivity contribution in [3.05, 3.63) is 27.1 Å². The Morgan fingerprint density at radius 3 is 2.75 bits per heavy atom. The van der Waals surface area contributed by atoms with Crippen LogP contribution in [0.25, 0.3) is 6.08 Å². The van der Waals surface area contributed by atoms with Crippen LogP contribution in [0.4, 0.5) is 0 Å². The highest BCUT2D eigenvalue weighted by Gasteiger charge is 2.32. The summed E-state index contributed by atoms with van der Waals surface area (Å²) in [6, 6.07) is 3.77. The van der Waals surface area contributed by atoms with Crippen LogP contribution in [0.3, 0.4) is 0 Å². The number of morpholine rings is 1. The van der Waals surface area contributed by atoms with Crippen molar-refractivity contribution in [2.45, 2.75) is 6.92 Å². The highest BCUT2D eigenvalue weighted by molar-refractivity contribution is 9.10. The largest absolute Gasteiger partial charge is 0.493 e. The molecular formula is C19H23BrN2O4S2. The quantitative estimate of drug-likeness (QED) is 0.432. The van der Waals surface area contributed by atoms with Gasteiger partial charge in [0.05, 0.1) is 36.3 Å². The van der Waals surface area contributed by atoms with Crippen molar-refractivity contribution < 1.29 is 19.0 Å². The predicted molar refractivity (Wildman–Crippen MR) is 119 cm³/mol. The Balaban J connectivity index is 1.73. The van der Waals surface area contributed by atoms with Gasteiger partial charge in [0.1, 0.15) is 4.32 Å². The van der Waals surface area contributed by atoms with Crippen molar-refractivity contribution >= 4 is 56.2 Å². The topological polar surface area (TPSA) is 51.2 Å². The number of amides is 1. The fourth-order valence-electron chi connectivity index (χ4n) is 3.02. The molecule has 2 heterocycles. The number of ether oxygens (including phenoxy) is 3. The van der Waals surface area contributed by atoms with E-state index in [0.29, 0.717) is 33.9 Å². The molecule has 0 aliphatic carbocycles. The lowest BCUT2D eigenvalue weighted by Crippen LogP contribution is -2.42. The normalized spacial score (nSPS) is 19.5. The van der Waals surface area contributed by atoms with Crippen molar-refractivity contribution in [1.29, 1.82) is 0 Å². The summed E-state index contributed by atoms with van der Waals surface area (Å²) in [6.07, 6.45) is 1.84. The predicted octanol–water partition coefficient (Wildman–Crippen LogP) is 3.39. The van der Waals surface area contributed by atoms with Gasteiger partial charge in [-0.2, -0.15) is 0 Å². The maximum atomic E-state index is 12.8. The van der Waals surface area contributed by atoms with Gasteiger partial charge in [0.15, 0.2) is 11.5 Å². The number of hydrogen-bond donors (Lipinski definition) is 0. The van der Waals surface area contributed by atoms with Gasteiger partial charge in [-0.05, 0) is 46.6 Å². The number of hydrogen-bond acceptors (Lipinski definition) is 7. The van der Waals surface area contributed by atoms with Gasteiger partial charge in [-0.1, -0.05) is 24.0 Å². The number of nitrogens with zero attached hydrogens (tertiary/aromatic N) is 2. The lowest BCUT2D eigenvalue weighted by molar-refractivity contribution is -0.122. The first-order valence-corrected chi connectivity index (χ1v) is 11.1. The molecular weight excluding hydrogens is 464 g/mol. The van der Waals surface area contributed by atoms with Gasteiger partial charge in [-0.3, -0.25) is 14.6 Å². The second-order valence-corrected chi connectivity index (χ2v) is 8.78. The summed E-state index contributed by atoms with van der Waals surface area (Å²) in [6.45, 7) is 7.12. The van der Waals surface area contributed by atoms with Crippen molar-refractivity contribution in [3.63, 3.8) is 0 Å². The number of carbonyl (C=O) groups excluding carboxylic acids is 1. The second-order valence-electron chi connectivity index (χ2n) is 6.25. The number of benzene rings is 1. The summed E-state index contributed by atoms with van der Waals surface area (Å²) < 4.78 is 17.8. The third kappa shape index (κ3) is 5.07. The fourth-order valence-corrected chi connectivity index (χ4v) is 4.90. The Labute approximate surface area is 183 Å².